The van der Waals surface area contributed by atoms with Crippen LogP contribution in [0.2, 0.25) is 0 Å². The van der Waals surface area contributed by atoms with Crippen molar-refractivity contribution >= 4 is 13.8 Å². The monoisotopic (exact) mass is 308 g/mol. The molecule has 3 atom stereocenters. The summed E-state index contributed by atoms with van der Waals surface area (Å²) in [7, 11) is -4.65. The van der Waals surface area contributed by atoms with E-state index >= 15 is 0 Å². The van der Waals surface area contributed by atoms with Crippen molar-refractivity contribution in [2.45, 2.75) is 24.9 Å². The molecule has 2 heterocycles. The standard InChI is InChI=1S/C8H13N4O7P/c9-7-10-3-12(8(14)11-7)6-1-4(13)5(19-6)2-18-20(15,16)17/h3-6,13H,1-2H2,(H2,9,11,14)(H2,15,16,17)/t4-,5+,6+/m0/s1. The molecule has 0 bridgehead atoms. The van der Waals surface area contributed by atoms with Crippen LogP contribution in [0.4, 0.5) is 5.95 Å². The lowest BCUT2D eigenvalue weighted by molar-refractivity contribution is -0.0453. The van der Waals surface area contributed by atoms with Crippen molar-refractivity contribution in [3.63, 3.8) is 0 Å². The van der Waals surface area contributed by atoms with Crippen molar-refractivity contribution in [3.8, 4) is 0 Å². The Hall–Kier alpha value is -1.36. The average Bonchev–Trinajstić information content (AvgIpc) is 2.67. The molecule has 0 aromatic carbocycles. The molecule has 1 aromatic heterocycles. The number of ether oxygens (including phenoxy) is 1. The number of nitrogens with two attached hydrogens (primary N) is 1. The molecule has 20 heavy (non-hydrogen) atoms. The van der Waals surface area contributed by atoms with Crippen molar-refractivity contribution in [3.05, 3.63) is 16.8 Å². The molecule has 5 N–H and O–H groups in total. The quantitative estimate of drug-likeness (QED) is 0.455. The summed E-state index contributed by atoms with van der Waals surface area (Å²) in [5.41, 5.74) is 4.54. The van der Waals surface area contributed by atoms with Gasteiger partial charge in [0, 0.05) is 6.42 Å². The first-order valence-corrected chi connectivity index (χ1v) is 7.03. The molecule has 1 aromatic rings. The molecule has 0 saturated carbocycles. The predicted octanol–water partition coefficient (Wildman–Crippen LogP) is -2.02. The van der Waals surface area contributed by atoms with Crippen LogP contribution in [0.1, 0.15) is 12.6 Å². The Morgan fingerprint density at radius 1 is 1.60 bits per heavy atom. The Labute approximate surface area is 112 Å². The molecule has 112 valence electrons. The van der Waals surface area contributed by atoms with Gasteiger partial charge in [-0.25, -0.2) is 14.3 Å². The van der Waals surface area contributed by atoms with Crippen LogP contribution in [0, 0.1) is 0 Å². The minimum atomic E-state index is -4.65. The molecular formula is C8H13N4O7P. The molecule has 11 nitrogen and oxygen atoms in total. The first-order valence-electron chi connectivity index (χ1n) is 5.50. The Kier molecular flexibility index (Phi) is 4.18. The van der Waals surface area contributed by atoms with Gasteiger partial charge in [0.15, 0.2) is 0 Å². The molecule has 0 spiro atoms. The highest BCUT2D eigenvalue weighted by atomic mass is 31.2. The molecule has 1 aliphatic rings. The van der Waals surface area contributed by atoms with Gasteiger partial charge in [-0.15, -0.1) is 0 Å². The number of nitrogens with zero attached hydrogens (tertiary/aromatic N) is 3. The smallest absolute Gasteiger partial charge is 0.390 e. The van der Waals surface area contributed by atoms with Crippen molar-refractivity contribution in [1.29, 1.82) is 0 Å². The third-order valence-electron chi connectivity index (χ3n) is 2.67. The van der Waals surface area contributed by atoms with E-state index in [-0.39, 0.29) is 12.4 Å². The van der Waals surface area contributed by atoms with E-state index in [2.05, 4.69) is 14.5 Å². The number of aliphatic hydroxyl groups is 1. The fourth-order valence-electron chi connectivity index (χ4n) is 1.76. The van der Waals surface area contributed by atoms with Gasteiger partial charge in [-0.2, -0.15) is 4.98 Å². The van der Waals surface area contributed by atoms with E-state index in [1.165, 1.54) is 0 Å². The molecule has 1 saturated heterocycles. The first-order chi connectivity index (χ1) is 9.26. The normalized spacial score (nSPS) is 26.9. The highest BCUT2D eigenvalue weighted by Crippen LogP contribution is 2.38. The summed E-state index contributed by atoms with van der Waals surface area (Å²) < 4.78 is 21.2. The SMILES string of the molecule is Nc1ncn([C@H]2C[C@H](O)[C@@H](COP(=O)(O)O)O2)c(=O)n1. The summed E-state index contributed by atoms with van der Waals surface area (Å²) in [6, 6.07) is 0. The van der Waals surface area contributed by atoms with E-state index < -0.39 is 38.6 Å². The molecule has 12 heteroatoms. The van der Waals surface area contributed by atoms with Gasteiger partial charge < -0.3 is 25.4 Å². The first kappa shape index (κ1) is 15.0. The summed E-state index contributed by atoms with van der Waals surface area (Å²) in [6.45, 7) is -0.507. The largest absolute Gasteiger partial charge is 0.469 e. The van der Waals surface area contributed by atoms with Crippen LogP contribution in [0.15, 0.2) is 11.1 Å². The van der Waals surface area contributed by atoms with Gasteiger partial charge in [-0.05, 0) is 0 Å². The molecule has 0 unspecified atom stereocenters. The van der Waals surface area contributed by atoms with E-state index in [9.17, 15) is 14.5 Å². The molecular weight excluding hydrogens is 295 g/mol. The topological polar surface area (TPSA) is 170 Å². The van der Waals surface area contributed by atoms with Gasteiger partial charge in [0.2, 0.25) is 5.95 Å². The average molecular weight is 308 g/mol. The highest BCUT2D eigenvalue weighted by Gasteiger charge is 2.37. The third-order valence-corrected chi connectivity index (χ3v) is 3.15. The van der Waals surface area contributed by atoms with Gasteiger partial charge in [0.05, 0.1) is 12.7 Å². The van der Waals surface area contributed by atoms with Crippen LogP contribution in [-0.4, -0.2) is 48.2 Å². The molecule has 0 amide bonds. The number of anilines is 1. The minimum absolute atomic E-state index is 0.0301. The van der Waals surface area contributed by atoms with Gasteiger partial charge in [-0.1, -0.05) is 0 Å². The third kappa shape index (κ3) is 3.60. The van der Waals surface area contributed by atoms with Crippen molar-refractivity contribution in [2.24, 2.45) is 0 Å². The Morgan fingerprint density at radius 2 is 2.30 bits per heavy atom. The molecule has 2 rings (SSSR count). The van der Waals surface area contributed by atoms with Crippen LogP contribution in [0.5, 0.6) is 0 Å². The summed E-state index contributed by atoms with van der Waals surface area (Å²) in [6.07, 6.45) is -1.73. The van der Waals surface area contributed by atoms with Gasteiger partial charge in [0.1, 0.15) is 18.7 Å². The van der Waals surface area contributed by atoms with Crippen molar-refractivity contribution in [2.75, 3.05) is 12.3 Å². The maximum Gasteiger partial charge on any atom is 0.469 e. The van der Waals surface area contributed by atoms with E-state index in [1.54, 1.807) is 0 Å². The van der Waals surface area contributed by atoms with Crippen LogP contribution in [-0.2, 0) is 13.8 Å². The zero-order valence-electron chi connectivity index (χ0n) is 10.1. The number of nitrogen functional groups attached to an aromatic ring is 1. The van der Waals surface area contributed by atoms with Crippen molar-refractivity contribution in [1.82, 2.24) is 14.5 Å². The zero-order chi connectivity index (χ0) is 14.9. The lowest BCUT2D eigenvalue weighted by Gasteiger charge is -2.15. The number of aliphatic hydroxyl groups excluding tert-OH is 1. The maximum atomic E-state index is 11.6. The van der Waals surface area contributed by atoms with E-state index in [0.717, 1.165) is 10.9 Å². The fraction of sp³-hybridized carbons (Fsp3) is 0.625. The number of hydrogen-bond acceptors (Lipinski definition) is 8. The minimum Gasteiger partial charge on any atom is -0.390 e. The number of phosphoric acid groups is 1. The summed E-state index contributed by atoms with van der Waals surface area (Å²) in [4.78, 5) is 35.8. The summed E-state index contributed by atoms with van der Waals surface area (Å²) >= 11 is 0. The molecule has 0 aliphatic carbocycles. The van der Waals surface area contributed by atoms with E-state index in [4.69, 9.17) is 20.3 Å². The zero-order valence-corrected chi connectivity index (χ0v) is 11.0. The number of phosphoric ester groups is 1. The van der Waals surface area contributed by atoms with Gasteiger partial charge in [0.25, 0.3) is 0 Å². The van der Waals surface area contributed by atoms with Crippen molar-refractivity contribution < 1.29 is 28.7 Å². The van der Waals surface area contributed by atoms with Gasteiger partial charge >= 0.3 is 13.5 Å². The second-order valence-corrected chi connectivity index (χ2v) is 5.36. The maximum absolute atomic E-state index is 11.6. The van der Waals surface area contributed by atoms with Gasteiger partial charge in [-0.3, -0.25) is 9.09 Å². The predicted molar refractivity (Wildman–Crippen MR) is 63.2 cm³/mol. The Morgan fingerprint density at radius 3 is 2.90 bits per heavy atom. The number of aromatic nitrogens is 3. The van der Waals surface area contributed by atoms with Crippen LogP contribution in [0.25, 0.3) is 0 Å². The molecule has 0 radical (unpaired) electrons. The number of rotatable bonds is 4. The lowest BCUT2D eigenvalue weighted by Crippen LogP contribution is -2.29. The molecule has 1 fully saturated rings. The summed E-state index contributed by atoms with van der Waals surface area (Å²) in [5, 5.41) is 9.72. The van der Waals surface area contributed by atoms with Crippen LogP contribution in [0.3, 0.4) is 0 Å². The summed E-state index contributed by atoms with van der Waals surface area (Å²) in [5.74, 6) is -0.189. The second-order valence-electron chi connectivity index (χ2n) is 4.12. The lowest BCUT2D eigenvalue weighted by atomic mass is 10.2. The molecule has 1 aliphatic heterocycles. The Balaban J connectivity index is 2.06. The van der Waals surface area contributed by atoms with E-state index in [1.807, 2.05) is 0 Å². The van der Waals surface area contributed by atoms with Crippen LogP contribution < -0.4 is 11.4 Å². The van der Waals surface area contributed by atoms with E-state index in [0.29, 0.717) is 0 Å². The highest BCUT2D eigenvalue weighted by molar-refractivity contribution is 7.46. The fourth-order valence-corrected chi connectivity index (χ4v) is 2.10. The Bertz CT molecular complexity index is 586. The second kappa shape index (κ2) is 5.56. The number of hydrogen-bond donors (Lipinski definition) is 4. The van der Waals surface area contributed by atoms with Crippen LogP contribution >= 0.6 is 7.82 Å².